The lowest BCUT2D eigenvalue weighted by Crippen LogP contribution is -2.42. The van der Waals surface area contributed by atoms with Crippen LogP contribution in [0.25, 0.3) is 11.5 Å². The second-order valence-electron chi connectivity index (χ2n) is 6.66. The average molecular weight is 285 g/mol. The van der Waals surface area contributed by atoms with Gasteiger partial charge < -0.3 is 10.3 Å². The first kappa shape index (κ1) is 14.3. The van der Waals surface area contributed by atoms with E-state index in [1.165, 1.54) is 17.5 Å². The van der Waals surface area contributed by atoms with Gasteiger partial charge in [-0.2, -0.15) is 4.98 Å². The molecule has 21 heavy (non-hydrogen) atoms. The first-order chi connectivity index (χ1) is 9.96. The molecule has 0 spiro atoms. The largest absolute Gasteiger partial charge is 0.334 e. The van der Waals surface area contributed by atoms with Gasteiger partial charge in [-0.3, -0.25) is 0 Å². The smallest absolute Gasteiger partial charge is 0.258 e. The molecular weight excluding hydrogens is 262 g/mol. The molecule has 4 heteroatoms. The molecule has 1 saturated carbocycles. The van der Waals surface area contributed by atoms with Crippen molar-refractivity contribution in [3.63, 3.8) is 0 Å². The van der Waals surface area contributed by atoms with E-state index in [1.54, 1.807) is 0 Å². The number of hydrogen-bond acceptors (Lipinski definition) is 4. The number of aryl methyl sites for hydroxylation is 2. The minimum absolute atomic E-state index is 0.432. The molecule has 3 rings (SSSR count). The molecule has 0 bridgehead atoms. The van der Waals surface area contributed by atoms with Gasteiger partial charge in [-0.05, 0) is 44.7 Å². The van der Waals surface area contributed by atoms with Crippen LogP contribution in [0.4, 0.5) is 0 Å². The van der Waals surface area contributed by atoms with Crippen molar-refractivity contribution in [2.45, 2.75) is 52.0 Å². The Labute approximate surface area is 125 Å². The van der Waals surface area contributed by atoms with Gasteiger partial charge in [0.05, 0.1) is 5.54 Å². The van der Waals surface area contributed by atoms with Crippen LogP contribution in [-0.4, -0.2) is 10.1 Å². The van der Waals surface area contributed by atoms with E-state index in [4.69, 9.17) is 10.3 Å². The Bertz CT molecular complexity index is 629. The second kappa shape index (κ2) is 5.26. The van der Waals surface area contributed by atoms with E-state index in [1.807, 2.05) is 0 Å². The summed E-state index contributed by atoms with van der Waals surface area (Å²) in [6.07, 6.45) is 4.23. The fourth-order valence-electron chi connectivity index (χ4n) is 3.44. The summed E-state index contributed by atoms with van der Waals surface area (Å²) >= 11 is 0. The average Bonchev–Trinajstić information content (AvgIpc) is 2.87. The SMILES string of the molecule is Cc1cc(C)cc(-c2nc(C3(N)CCCC(C)C3)no2)c1. The van der Waals surface area contributed by atoms with Crippen LogP contribution in [0.15, 0.2) is 22.7 Å². The topological polar surface area (TPSA) is 64.9 Å². The highest BCUT2D eigenvalue weighted by atomic mass is 16.5. The summed E-state index contributed by atoms with van der Waals surface area (Å²) in [5.41, 5.74) is 9.46. The first-order valence-electron chi connectivity index (χ1n) is 7.68. The van der Waals surface area contributed by atoms with Crippen LogP contribution >= 0.6 is 0 Å². The van der Waals surface area contributed by atoms with Crippen molar-refractivity contribution in [3.05, 3.63) is 35.2 Å². The Kier molecular flexibility index (Phi) is 3.57. The summed E-state index contributed by atoms with van der Waals surface area (Å²) in [5.74, 6) is 1.84. The van der Waals surface area contributed by atoms with Crippen molar-refractivity contribution in [2.75, 3.05) is 0 Å². The van der Waals surface area contributed by atoms with E-state index >= 15 is 0 Å². The lowest BCUT2D eigenvalue weighted by Gasteiger charge is -2.33. The lowest BCUT2D eigenvalue weighted by molar-refractivity contribution is 0.222. The van der Waals surface area contributed by atoms with Gasteiger partial charge in [-0.15, -0.1) is 0 Å². The Morgan fingerprint density at radius 2 is 1.95 bits per heavy atom. The van der Waals surface area contributed by atoms with Gasteiger partial charge in [0.25, 0.3) is 5.89 Å². The number of benzene rings is 1. The number of rotatable bonds is 2. The fourth-order valence-corrected chi connectivity index (χ4v) is 3.44. The molecule has 2 unspecified atom stereocenters. The summed E-state index contributed by atoms with van der Waals surface area (Å²) < 4.78 is 5.47. The zero-order valence-electron chi connectivity index (χ0n) is 13.0. The Hall–Kier alpha value is -1.68. The normalized spacial score (nSPS) is 26.0. The molecule has 0 amide bonds. The third kappa shape index (κ3) is 2.86. The maximum atomic E-state index is 6.54. The number of aromatic nitrogens is 2. The second-order valence-corrected chi connectivity index (χ2v) is 6.66. The third-order valence-corrected chi connectivity index (χ3v) is 4.37. The third-order valence-electron chi connectivity index (χ3n) is 4.37. The molecule has 4 nitrogen and oxygen atoms in total. The molecule has 1 heterocycles. The van der Waals surface area contributed by atoms with Crippen molar-refractivity contribution in [3.8, 4) is 11.5 Å². The van der Waals surface area contributed by atoms with E-state index in [9.17, 15) is 0 Å². The van der Waals surface area contributed by atoms with Crippen molar-refractivity contribution in [1.29, 1.82) is 0 Å². The van der Waals surface area contributed by atoms with E-state index in [0.29, 0.717) is 17.6 Å². The van der Waals surface area contributed by atoms with E-state index < -0.39 is 5.54 Å². The predicted molar refractivity (Wildman–Crippen MR) is 82.7 cm³/mol. The molecule has 112 valence electrons. The first-order valence-corrected chi connectivity index (χ1v) is 7.68. The monoisotopic (exact) mass is 285 g/mol. The number of nitrogens with zero attached hydrogens (tertiary/aromatic N) is 2. The molecule has 1 aromatic heterocycles. The molecule has 2 aromatic rings. The van der Waals surface area contributed by atoms with E-state index in [-0.39, 0.29) is 0 Å². The van der Waals surface area contributed by atoms with Crippen molar-refractivity contribution in [2.24, 2.45) is 11.7 Å². The zero-order chi connectivity index (χ0) is 15.0. The lowest BCUT2D eigenvalue weighted by atomic mass is 9.76. The Balaban J connectivity index is 1.92. The highest BCUT2D eigenvalue weighted by Gasteiger charge is 2.37. The molecule has 1 aliphatic rings. The Morgan fingerprint density at radius 1 is 1.24 bits per heavy atom. The van der Waals surface area contributed by atoms with Gasteiger partial charge in [-0.1, -0.05) is 42.1 Å². The predicted octanol–water partition coefficient (Wildman–Crippen LogP) is 3.72. The summed E-state index contributed by atoms with van der Waals surface area (Å²) in [4.78, 5) is 4.59. The molecule has 2 atom stereocenters. The molecular formula is C17H23N3O. The number of hydrogen-bond donors (Lipinski definition) is 1. The minimum atomic E-state index is -0.432. The van der Waals surface area contributed by atoms with Crippen LogP contribution in [0.1, 0.15) is 49.6 Å². The molecule has 0 saturated heterocycles. The van der Waals surface area contributed by atoms with Crippen LogP contribution in [0.3, 0.4) is 0 Å². The van der Waals surface area contributed by atoms with Crippen LogP contribution in [0.5, 0.6) is 0 Å². The zero-order valence-corrected chi connectivity index (χ0v) is 13.0. The van der Waals surface area contributed by atoms with E-state index in [0.717, 1.165) is 24.8 Å². The standard InChI is InChI=1S/C17H23N3O/c1-11-5-4-6-17(18,10-11)16-19-15(21-20-16)14-8-12(2)7-13(3)9-14/h7-9,11H,4-6,10,18H2,1-3H3. The maximum absolute atomic E-state index is 6.54. The van der Waals surface area contributed by atoms with Gasteiger partial charge >= 0.3 is 0 Å². The van der Waals surface area contributed by atoms with E-state index in [2.05, 4.69) is 49.1 Å². The van der Waals surface area contributed by atoms with Gasteiger partial charge in [0.1, 0.15) is 0 Å². The number of nitrogens with two attached hydrogens (primary N) is 1. The highest BCUT2D eigenvalue weighted by Crippen LogP contribution is 2.37. The van der Waals surface area contributed by atoms with Crippen molar-refractivity contribution in [1.82, 2.24) is 10.1 Å². The van der Waals surface area contributed by atoms with Crippen LogP contribution in [0.2, 0.25) is 0 Å². The summed E-state index contributed by atoms with van der Waals surface area (Å²) in [6.45, 7) is 6.38. The molecule has 1 fully saturated rings. The quantitative estimate of drug-likeness (QED) is 0.913. The molecule has 2 N–H and O–H groups in total. The molecule has 1 aromatic carbocycles. The van der Waals surface area contributed by atoms with Crippen molar-refractivity contribution < 1.29 is 4.52 Å². The van der Waals surface area contributed by atoms with Crippen molar-refractivity contribution >= 4 is 0 Å². The molecule has 0 aliphatic heterocycles. The Morgan fingerprint density at radius 3 is 2.62 bits per heavy atom. The summed E-state index contributed by atoms with van der Waals surface area (Å²) in [5, 5.41) is 4.17. The van der Waals surface area contributed by atoms with Gasteiger partial charge in [0.15, 0.2) is 5.82 Å². The summed E-state index contributed by atoms with van der Waals surface area (Å²) in [6, 6.07) is 6.27. The van der Waals surface area contributed by atoms with Crippen LogP contribution in [0, 0.1) is 19.8 Å². The van der Waals surface area contributed by atoms with Gasteiger partial charge in [0.2, 0.25) is 0 Å². The van der Waals surface area contributed by atoms with Crippen LogP contribution in [-0.2, 0) is 5.54 Å². The minimum Gasteiger partial charge on any atom is -0.334 e. The fraction of sp³-hybridized carbons (Fsp3) is 0.529. The van der Waals surface area contributed by atoms with Crippen LogP contribution < -0.4 is 5.73 Å². The molecule has 0 radical (unpaired) electrons. The van der Waals surface area contributed by atoms with Gasteiger partial charge in [0, 0.05) is 5.56 Å². The van der Waals surface area contributed by atoms with Gasteiger partial charge in [-0.25, -0.2) is 0 Å². The maximum Gasteiger partial charge on any atom is 0.258 e. The highest BCUT2D eigenvalue weighted by molar-refractivity contribution is 5.55. The summed E-state index contributed by atoms with van der Waals surface area (Å²) in [7, 11) is 0. The molecule has 1 aliphatic carbocycles.